The van der Waals surface area contributed by atoms with Gasteiger partial charge in [-0.1, -0.05) is 12.1 Å². The molecular formula is C25H25N5O6S. The summed E-state index contributed by atoms with van der Waals surface area (Å²) in [4.78, 5) is 43.0. The first-order valence-corrected chi connectivity index (χ1v) is 13.1. The summed E-state index contributed by atoms with van der Waals surface area (Å²) in [5.41, 5.74) is 0.145. The molecule has 2 aromatic carbocycles. The molecule has 0 atom stereocenters. The van der Waals surface area contributed by atoms with E-state index < -0.39 is 27.2 Å². The van der Waals surface area contributed by atoms with Crippen molar-refractivity contribution in [1.29, 1.82) is 0 Å². The zero-order chi connectivity index (χ0) is 26.2. The summed E-state index contributed by atoms with van der Waals surface area (Å²) in [5, 5.41) is 2.87. The zero-order valence-electron chi connectivity index (χ0n) is 20.0. The van der Waals surface area contributed by atoms with Crippen LogP contribution in [0.15, 0.2) is 79.8 Å². The highest BCUT2D eigenvalue weighted by molar-refractivity contribution is 7.89. The van der Waals surface area contributed by atoms with Crippen molar-refractivity contribution in [3.8, 4) is 0 Å². The SMILES string of the molecule is CN1CCN(S(=O)(=O)c2ccc(Cn3c(=O)[nH]c4ccc(NC(=O)c5ccco5)cc4c3=O)cc2)CC1. The van der Waals surface area contributed by atoms with Crippen LogP contribution in [0.2, 0.25) is 0 Å². The van der Waals surface area contributed by atoms with Crippen LogP contribution in [0.4, 0.5) is 5.69 Å². The molecule has 1 saturated heterocycles. The van der Waals surface area contributed by atoms with E-state index in [1.165, 1.54) is 40.9 Å². The molecule has 0 unspecified atom stereocenters. The van der Waals surface area contributed by atoms with Gasteiger partial charge >= 0.3 is 5.69 Å². The van der Waals surface area contributed by atoms with Crippen LogP contribution < -0.4 is 16.6 Å². The number of hydrogen-bond acceptors (Lipinski definition) is 7. The Bertz CT molecular complexity index is 1670. The van der Waals surface area contributed by atoms with E-state index in [9.17, 15) is 22.8 Å². The van der Waals surface area contributed by atoms with Crippen molar-refractivity contribution in [2.24, 2.45) is 0 Å². The van der Waals surface area contributed by atoms with E-state index in [0.29, 0.717) is 42.9 Å². The lowest BCUT2D eigenvalue weighted by Crippen LogP contribution is -2.47. The van der Waals surface area contributed by atoms with Gasteiger partial charge in [-0.05, 0) is 55.1 Å². The van der Waals surface area contributed by atoms with Gasteiger partial charge in [-0.25, -0.2) is 13.2 Å². The molecule has 0 radical (unpaired) electrons. The van der Waals surface area contributed by atoms with Crippen molar-refractivity contribution in [2.45, 2.75) is 11.4 Å². The van der Waals surface area contributed by atoms with Crippen molar-refractivity contribution < 1.29 is 17.6 Å². The van der Waals surface area contributed by atoms with Gasteiger partial charge in [0.2, 0.25) is 10.0 Å². The predicted molar refractivity (Wildman–Crippen MR) is 137 cm³/mol. The Morgan fingerprint density at radius 1 is 1.03 bits per heavy atom. The molecule has 1 amide bonds. The van der Waals surface area contributed by atoms with E-state index >= 15 is 0 Å². The highest BCUT2D eigenvalue weighted by Gasteiger charge is 2.27. The lowest BCUT2D eigenvalue weighted by atomic mass is 10.2. The molecular weight excluding hydrogens is 498 g/mol. The fraction of sp³-hybridized carbons (Fsp3) is 0.240. The second kappa shape index (κ2) is 9.81. The Balaban J connectivity index is 1.39. The number of fused-ring (bicyclic) bond motifs is 1. The molecule has 3 heterocycles. The Hall–Kier alpha value is -4.00. The van der Waals surface area contributed by atoms with E-state index in [1.54, 1.807) is 24.3 Å². The van der Waals surface area contributed by atoms with E-state index in [0.717, 1.165) is 4.57 Å². The first-order valence-electron chi connectivity index (χ1n) is 11.6. The molecule has 1 fully saturated rings. The number of aromatic amines is 1. The number of aromatic nitrogens is 2. The lowest BCUT2D eigenvalue weighted by Gasteiger charge is -2.31. The number of anilines is 1. The van der Waals surface area contributed by atoms with Crippen LogP contribution in [0.5, 0.6) is 0 Å². The number of likely N-dealkylation sites (N-methyl/N-ethyl adjacent to an activating group) is 1. The number of carbonyl (C=O) groups excluding carboxylic acids is 1. The third-order valence-electron chi connectivity index (χ3n) is 6.35. The van der Waals surface area contributed by atoms with Crippen molar-refractivity contribution >= 4 is 32.5 Å². The van der Waals surface area contributed by atoms with Gasteiger partial charge in [0.05, 0.1) is 28.6 Å². The van der Waals surface area contributed by atoms with Gasteiger partial charge in [-0.3, -0.25) is 14.2 Å². The highest BCUT2D eigenvalue weighted by Crippen LogP contribution is 2.19. The third kappa shape index (κ3) is 4.99. The minimum Gasteiger partial charge on any atom is -0.459 e. The molecule has 37 heavy (non-hydrogen) atoms. The Labute approximate surface area is 212 Å². The molecule has 0 bridgehead atoms. The fourth-order valence-corrected chi connectivity index (χ4v) is 5.62. The molecule has 5 rings (SSSR count). The Morgan fingerprint density at radius 2 is 1.76 bits per heavy atom. The van der Waals surface area contributed by atoms with E-state index in [1.807, 2.05) is 7.05 Å². The Kier molecular flexibility index (Phi) is 6.54. The third-order valence-corrected chi connectivity index (χ3v) is 8.26. The van der Waals surface area contributed by atoms with Crippen molar-refractivity contribution in [2.75, 3.05) is 38.5 Å². The van der Waals surface area contributed by atoms with Gasteiger partial charge in [0, 0.05) is 31.9 Å². The van der Waals surface area contributed by atoms with Gasteiger partial charge in [0.15, 0.2) is 5.76 Å². The maximum atomic E-state index is 13.2. The van der Waals surface area contributed by atoms with Crippen LogP contribution in [-0.4, -0.2) is 66.3 Å². The van der Waals surface area contributed by atoms with Crippen LogP contribution in [0, 0.1) is 0 Å². The number of amides is 1. The lowest BCUT2D eigenvalue weighted by molar-refractivity contribution is 0.0996. The highest BCUT2D eigenvalue weighted by atomic mass is 32.2. The molecule has 0 saturated carbocycles. The topological polar surface area (TPSA) is 138 Å². The molecule has 1 aliphatic heterocycles. The standard InChI is InChI=1S/C25H25N5O6S/c1-28-10-12-29(13-11-28)37(34,35)19-7-4-17(5-8-19)16-30-24(32)20-15-18(6-9-21(20)27-25(30)33)26-23(31)22-3-2-14-36-22/h2-9,14-15H,10-13,16H2,1H3,(H,26,31)(H,27,33). The number of piperazine rings is 1. The van der Waals surface area contributed by atoms with Gasteiger partial charge in [0.25, 0.3) is 11.5 Å². The number of furan rings is 1. The Morgan fingerprint density at radius 3 is 2.43 bits per heavy atom. The summed E-state index contributed by atoms with van der Waals surface area (Å²) < 4.78 is 33.5. The summed E-state index contributed by atoms with van der Waals surface area (Å²) >= 11 is 0. The molecule has 0 aliphatic carbocycles. The van der Waals surface area contributed by atoms with Crippen molar-refractivity contribution in [3.63, 3.8) is 0 Å². The summed E-state index contributed by atoms with van der Waals surface area (Å²) in [5.74, 6) is -0.349. The smallest absolute Gasteiger partial charge is 0.329 e. The maximum absolute atomic E-state index is 13.2. The number of nitrogens with one attached hydrogen (secondary N) is 2. The normalized spacial score (nSPS) is 15.2. The number of carbonyl (C=O) groups is 1. The molecule has 2 aromatic heterocycles. The van der Waals surface area contributed by atoms with E-state index in [4.69, 9.17) is 4.42 Å². The summed E-state index contributed by atoms with van der Waals surface area (Å²) in [6, 6.07) is 13.9. The van der Waals surface area contributed by atoms with Gasteiger partial charge in [-0.2, -0.15) is 4.31 Å². The molecule has 2 N–H and O–H groups in total. The molecule has 4 aromatic rings. The van der Waals surface area contributed by atoms with E-state index in [2.05, 4.69) is 15.2 Å². The minimum atomic E-state index is -3.62. The molecule has 192 valence electrons. The molecule has 11 nitrogen and oxygen atoms in total. The number of hydrogen-bond donors (Lipinski definition) is 2. The van der Waals surface area contributed by atoms with Gasteiger partial charge in [0.1, 0.15) is 0 Å². The first-order chi connectivity index (χ1) is 17.7. The second-order valence-electron chi connectivity index (χ2n) is 8.86. The monoisotopic (exact) mass is 523 g/mol. The molecule has 0 spiro atoms. The van der Waals surface area contributed by atoms with Crippen LogP contribution in [0.3, 0.4) is 0 Å². The fourth-order valence-electron chi connectivity index (χ4n) is 4.20. The van der Waals surface area contributed by atoms with Crippen LogP contribution in [-0.2, 0) is 16.6 Å². The van der Waals surface area contributed by atoms with Crippen LogP contribution in [0.25, 0.3) is 10.9 Å². The molecule has 12 heteroatoms. The zero-order valence-corrected chi connectivity index (χ0v) is 20.8. The largest absolute Gasteiger partial charge is 0.459 e. The first kappa shape index (κ1) is 24.7. The predicted octanol–water partition coefficient (Wildman–Crippen LogP) is 1.52. The number of rotatable bonds is 6. The summed E-state index contributed by atoms with van der Waals surface area (Å²) in [6.45, 7) is 2.12. The van der Waals surface area contributed by atoms with Crippen LogP contribution >= 0.6 is 0 Å². The average Bonchev–Trinajstić information content (AvgIpc) is 3.43. The second-order valence-corrected chi connectivity index (χ2v) is 10.8. The van der Waals surface area contributed by atoms with Crippen molar-refractivity contribution in [3.05, 3.63) is 93.0 Å². The number of benzene rings is 2. The number of nitrogens with zero attached hydrogens (tertiary/aromatic N) is 3. The summed E-state index contributed by atoms with van der Waals surface area (Å²) in [7, 11) is -1.67. The number of sulfonamides is 1. The minimum absolute atomic E-state index is 0.0536. The van der Waals surface area contributed by atoms with Gasteiger partial charge < -0.3 is 19.6 Å². The van der Waals surface area contributed by atoms with Gasteiger partial charge in [-0.15, -0.1) is 0 Å². The van der Waals surface area contributed by atoms with Crippen molar-refractivity contribution in [1.82, 2.24) is 18.8 Å². The number of H-pyrrole nitrogens is 1. The van der Waals surface area contributed by atoms with E-state index in [-0.39, 0.29) is 22.6 Å². The summed E-state index contributed by atoms with van der Waals surface area (Å²) in [6.07, 6.45) is 1.38. The average molecular weight is 524 g/mol. The quantitative estimate of drug-likeness (QED) is 0.391. The maximum Gasteiger partial charge on any atom is 0.329 e. The molecule has 1 aliphatic rings. The van der Waals surface area contributed by atoms with Crippen LogP contribution in [0.1, 0.15) is 16.1 Å².